The summed E-state index contributed by atoms with van der Waals surface area (Å²) in [4.78, 5) is 0. The first-order valence-electron chi connectivity index (χ1n) is 8.01. The molecule has 0 bridgehead atoms. The van der Waals surface area contributed by atoms with Crippen LogP contribution < -0.4 is 0 Å². The molecule has 4 nitrogen and oxygen atoms in total. The largest absolute Gasteiger partial charge is 0.508 e. The Labute approximate surface area is 146 Å². The molecule has 0 spiro atoms. The van der Waals surface area contributed by atoms with Gasteiger partial charge in [-0.3, -0.25) is 9.67 Å². The van der Waals surface area contributed by atoms with Crippen molar-refractivity contribution >= 4 is 12.2 Å². The Morgan fingerprint density at radius 2 is 1.92 bits per heavy atom. The van der Waals surface area contributed by atoms with Crippen molar-refractivity contribution in [3.05, 3.63) is 57.4 Å². The molecule has 2 aromatic carbocycles. The van der Waals surface area contributed by atoms with Crippen LogP contribution in [0.5, 0.6) is 5.75 Å². The maximum absolute atomic E-state index is 10.1. The third kappa shape index (κ3) is 2.65. The number of aromatic amines is 1. The van der Waals surface area contributed by atoms with Gasteiger partial charge >= 0.3 is 0 Å². The number of rotatable bonds is 3. The SMILES string of the molecule is CCc1cc(-c2n[nH]c(=S)n2-c2cccc(C)c2C)c(C)cc1O. The summed E-state index contributed by atoms with van der Waals surface area (Å²) in [7, 11) is 0. The molecule has 2 N–H and O–H groups in total. The number of aryl methyl sites for hydroxylation is 3. The Hall–Kier alpha value is -2.40. The van der Waals surface area contributed by atoms with E-state index in [9.17, 15) is 5.11 Å². The number of aromatic nitrogens is 3. The molecule has 24 heavy (non-hydrogen) atoms. The van der Waals surface area contributed by atoms with Gasteiger partial charge in [0.05, 0.1) is 5.69 Å². The number of nitrogens with zero attached hydrogens (tertiary/aromatic N) is 2. The van der Waals surface area contributed by atoms with Crippen LogP contribution in [0.25, 0.3) is 17.1 Å². The van der Waals surface area contributed by atoms with Crippen LogP contribution in [0.4, 0.5) is 0 Å². The Morgan fingerprint density at radius 3 is 2.62 bits per heavy atom. The van der Waals surface area contributed by atoms with Crippen molar-refractivity contribution in [2.75, 3.05) is 0 Å². The summed E-state index contributed by atoms with van der Waals surface area (Å²) >= 11 is 5.48. The Balaban J connectivity index is 2.30. The van der Waals surface area contributed by atoms with Crippen molar-refractivity contribution in [2.45, 2.75) is 34.1 Å². The van der Waals surface area contributed by atoms with E-state index in [1.165, 1.54) is 11.1 Å². The summed E-state index contributed by atoms with van der Waals surface area (Å²) < 4.78 is 2.53. The first-order valence-corrected chi connectivity index (χ1v) is 8.41. The highest BCUT2D eigenvalue weighted by molar-refractivity contribution is 7.71. The van der Waals surface area contributed by atoms with Crippen LogP contribution >= 0.6 is 12.2 Å². The minimum absolute atomic E-state index is 0.325. The number of phenols is 1. The molecule has 0 saturated heterocycles. The number of phenolic OH excluding ortho intramolecular Hbond substituents is 1. The van der Waals surface area contributed by atoms with E-state index in [0.29, 0.717) is 10.5 Å². The molecule has 3 rings (SSSR count). The highest BCUT2D eigenvalue weighted by atomic mass is 32.1. The standard InChI is InChI=1S/C19H21N3OS/c1-5-14-10-15(12(3)9-17(14)23)18-20-21-19(24)22(18)16-8-6-7-11(2)13(16)4/h6-10,23H,5H2,1-4H3,(H,21,24). The Bertz CT molecular complexity index is 969. The normalized spacial score (nSPS) is 11.0. The molecular formula is C19H21N3OS. The molecule has 0 radical (unpaired) electrons. The zero-order valence-corrected chi connectivity index (χ0v) is 15.2. The van der Waals surface area contributed by atoms with E-state index < -0.39 is 0 Å². The lowest BCUT2D eigenvalue weighted by atomic mass is 10.0. The highest BCUT2D eigenvalue weighted by Gasteiger charge is 2.16. The van der Waals surface area contributed by atoms with Gasteiger partial charge in [0, 0.05) is 5.56 Å². The maximum Gasteiger partial charge on any atom is 0.200 e. The van der Waals surface area contributed by atoms with E-state index in [1.807, 2.05) is 36.6 Å². The lowest BCUT2D eigenvalue weighted by Gasteiger charge is -2.14. The number of aromatic hydroxyl groups is 1. The van der Waals surface area contributed by atoms with Gasteiger partial charge in [-0.2, -0.15) is 5.10 Å². The van der Waals surface area contributed by atoms with Crippen molar-refractivity contribution in [1.82, 2.24) is 14.8 Å². The predicted molar refractivity (Wildman–Crippen MR) is 99.4 cm³/mol. The van der Waals surface area contributed by atoms with Gasteiger partial charge in [0.25, 0.3) is 0 Å². The van der Waals surface area contributed by atoms with Gasteiger partial charge in [-0.1, -0.05) is 19.1 Å². The monoisotopic (exact) mass is 339 g/mol. The van der Waals surface area contributed by atoms with Crippen LogP contribution in [-0.2, 0) is 6.42 Å². The van der Waals surface area contributed by atoms with E-state index >= 15 is 0 Å². The summed E-state index contributed by atoms with van der Waals surface area (Å²) in [5, 5.41) is 17.5. The minimum atomic E-state index is 0.325. The van der Waals surface area contributed by atoms with Crippen LogP contribution in [0.1, 0.15) is 29.2 Å². The van der Waals surface area contributed by atoms with Crippen LogP contribution in [0.15, 0.2) is 30.3 Å². The maximum atomic E-state index is 10.1. The van der Waals surface area contributed by atoms with Gasteiger partial charge in [0.2, 0.25) is 0 Å². The van der Waals surface area contributed by atoms with Crippen molar-refractivity contribution in [2.24, 2.45) is 0 Å². The third-order valence-corrected chi connectivity index (χ3v) is 4.81. The van der Waals surface area contributed by atoms with Gasteiger partial charge < -0.3 is 5.11 Å². The van der Waals surface area contributed by atoms with Gasteiger partial charge in [-0.05, 0) is 79.9 Å². The average molecular weight is 339 g/mol. The molecule has 124 valence electrons. The zero-order chi connectivity index (χ0) is 17.4. The molecule has 0 amide bonds. The number of benzene rings is 2. The Morgan fingerprint density at radius 1 is 1.17 bits per heavy atom. The predicted octanol–water partition coefficient (Wildman–Crippen LogP) is 4.79. The van der Waals surface area contributed by atoms with Crippen LogP contribution in [-0.4, -0.2) is 19.9 Å². The molecule has 0 saturated carbocycles. The summed E-state index contributed by atoms with van der Waals surface area (Å²) in [5.41, 5.74) is 6.23. The second-order valence-electron chi connectivity index (χ2n) is 6.06. The van der Waals surface area contributed by atoms with E-state index in [4.69, 9.17) is 12.2 Å². The molecule has 0 aliphatic carbocycles. The van der Waals surface area contributed by atoms with Gasteiger partial charge in [-0.25, -0.2) is 0 Å². The Kier molecular flexibility index (Phi) is 4.28. The van der Waals surface area contributed by atoms with E-state index in [0.717, 1.165) is 34.6 Å². The fraction of sp³-hybridized carbons (Fsp3) is 0.263. The third-order valence-electron chi connectivity index (χ3n) is 4.54. The van der Waals surface area contributed by atoms with Gasteiger partial charge in [-0.15, -0.1) is 0 Å². The summed E-state index contributed by atoms with van der Waals surface area (Å²) in [6, 6.07) is 9.95. The number of nitrogens with one attached hydrogen (secondary N) is 1. The second-order valence-corrected chi connectivity index (χ2v) is 6.44. The van der Waals surface area contributed by atoms with E-state index in [-0.39, 0.29) is 0 Å². The lowest BCUT2D eigenvalue weighted by molar-refractivity contribution is 0.468. The van der Waals surface area contributed by atoms with Crippen LogP contribution in [0.3, 0.4) is 0 Å². The van der Waals surface area contributed by atoms with Crippen molar-refractivity contribution < 1.29 is 5.11 Å². The molecule has 0 aliphatic rings. The van der Waals surface area contributed by atoms with Crippen LogP contribution in [0.2, 0.25) is 0 Å². The van der Waals surface area contributed by atoms with Crippen LogP contribution in [0, 0.1) is 25.5 Å². The topological polar surface area (TPSA) is 53.8 Å². The summed E-state index contributed by atoms with van der Waals surface area (Å²) in [5.74, 6) is 1.09. The highest BCUT2D eigenvalue weighted by Crippen LogP contribution is 2.31. The molecule has 3 aromatic rings. The average Bonchev–Trinajstić information content (AvgIpc) is 2.92. The molecule has 1 heterocycles. The lowest BCUT2D eigenvalue weighted by Crippen LogP contribution is -2.02. The van der Waals surface area contributed by atoms with E-state index in [2.05, 4.69) is 30.1 Å². The van der Waals surface area contributed by atoms with Gasteiger partial charge in [0.1, 0.15) is 5.75 Å². The fourth-order valence-electron chi connectivity index (χ4n) is 2.94. The minimum Gasteiger partial charge on any atom is -0.508 e. The van der Waals surface area contributed by atoms with Crippen molar-refractivity contribution in [3.63, 3.8) is 0 Å². The zero-order valence-electron chi connectivity index (χ0n) is 14.3. The number of hydrogen-bond donors (Lipinski definition) is 2. The number of hydrogen-bond acceptors (Lipinski definition) is 3. The first-order chi connectivity index (χ1) is 11.4. The van der Waals surface area contributed by atoms with Gasteiger partial charge in [0.15, 0.2) is 10.6 Å². The van der Waals surface area contributed by atoms with E-state index in [1.54, 1.807) is 6.07 Å². The first kappa shape index (κ1) is 16.5. The molecule has 0 fully saturated rings. The van der Waals surface area contributed by atoms with Crippen molar-refractivity contribution in [1.29, 1.82) is 0 Å². The summed E-state index contributed by atoms with van der Waals surface area (Å²) in [6.07, 6.45) is 0.758. The molecule has 5 heteroatoms. The number of H-pyrrole nitrogens is 1. The smallest absolute Gasteiger partial charge is 0.200 e. The van der Waals surface area contributed by atoms with Crippen molar-refractivity contribution in [3.8, 4) is 22.8 Å². The summed E-state index contributed by atoms with van der Waals surface area (Å²) in [6.45, 7) is 8.17. The quantitative estimate of drug-likeness (QED) is 0.675. The molecule has 0 atom stereocenters. The molecular weight excluding hydrogens is 318 g/mol. The second kappa shape index (κ2) is 6.24. The fourth-order valence-corrected chi connectivity index (χ4v) is 3.17. The molecule has 1 aromatic heterocycles. The molecule has 0 aliphatic heterocycles. The molecule has 0 unspecified atom stereocenters.